The average molecular weight is 451 g/mol. The van der Waals surface area contributed by atoms with Crippen LogP contribution >= 0.6 is 0 Å². The third kappa shape index (κ3) is 5.81. The topological polar surface area (TPSA) is 73.5 Å². The quantitative estimate of drug-likeness (QED) is 0.298. The fraction of sp³-hybridized carbons (Fsp3) is 0.0714. The van der Waals surface area contributed by atoms with Gasteiger partial charge in [0.25, 0.3) is 0 Å². The van der Waals surface area contributed by atoms with Gasteiger partial charge in [-0.05, 0) is 74.5 Å². The van der Waals surface area contributed by atoms with E-state index in [0.717, 1.165) is 16.8 Å². The maximum Gasteiger partial charge on any atom is 0.330 e. The largest absolute Gasteiger partial charge is 0.330 e. The van der Waals surface area contributed by atoms with Crippen molar-refractivity contribution < 1.29 is 9.59 Å². The number of benzene rings is 4. The minimum Gasteiger partial charge on any atom is -0.308 e. The molecule has 0 radical (unpaired) electrons. The van der Waals surface area contributed by atoms with E-state index in [1.54, 1.807) is 29.2 Å². The van der Waals surface area contributed by atoms with Crippen LogP contribution in [-0.4, -0.2) is 12.1 Å². The van der Waals surface area contributed by atoms with Crippen molar-refractivity contribution in [1.82, 2.24) is 0 Å². The molecule has 0 fully saturated rings. The van der Waals surface area contributed by atoms with E-state index in [9.17, 15) is 9.59 Å². The molecule has 0 aliphatic rings. The van der Waals surface area contributed by atoms with Gasteiger partial charge in [-0.2, -0.15) is 0 Å². The van der Waals surface area contributed by atoms with Crippen LogP contribution in [-0.2, 0) is 0 Å². The molecule has 170 valence electrons. The summed E-state index contributed by atoms with van der Waals surface area (Å²) in [5.41, 5.74) is 5.67. The summed E-state index contributed by atoms with van der Waals surface area (Å²) in [5, 5.41) is 8.57. The van der Waals surface area contributed by atoms with Crippen molar-refractivity contribution in [1.29, 1.82) is 0 Å². The van der Waals surface area contributed by atoms with Crippen molar-refractivity contribution in [2.75, 3.05) is 20.9 Å². The number of carbonyl (C=O) groups is 2. The van der Waals surface area contributed by atoms with Crippen LogP contribution in [0.3, 0.4) is 0 Å². The molecule has 6 nitrogen and oxygen atoms in total. The molecule has 0 atom stereocenters. The maximum atomic E-state index is 13.2. The summed E-state index contributed by atoms with van der Waals surface area (Å²) in [6.45, 7) is 3.99. The summed E-state index contributed by atoms with van der Waals surface area (Å²) in [6, 6.07) is 31.1. The Balaban J connectivity index is 1.50. The van der Waals surface area contributed by atoms with E-state index in [-0.39, 0.29) is 12.1 Å². The molecule has 4 aromatic carbocycles. The number of urea groups is 2. The zero-order valence-electron chi connectivity index (χ0n) is 19.1. The van der Waals surface area contributed by atoms with Crippen molar-refractivity contribution in [3.63, 3.8) is 0 Å². The van der Waals surface area contributed by atoms with Crippen LogP contribution < -0.4 is 20.9 Å². The first-order valence-electron chi connectivity index (χ1n) is 11.0. The van der Waals surface area contributed by atoms with Gasteiger partial charge in [-0.1, -0.05) is 53.6 Å². The fourth-order valence-electron chi connectivity index (χ4n) is 3.40. The van der Waals surface area contributed by atoms with Crippen molar-refractivity contribution >= 4 is 40.5 Å². The normalized spacial score (nSPS) is 10.3. The van der Waals surface area contributed by atoms with Gasteiger partial charge < -0.3 is 16.0 Å². The zero-order chi connectivity index (χ0) is 23.9. The first-order valence-corrected chi connectivity index (χ1v) is 11.0. The third-order valence-corrected chi connectivity index (χ3v) is 5.21. The Hall–Kier alpha value is -4.58. The van der Waals surface area contributed by atoms with E-state index < -0.39 is 0 Å². The van der Waals surface area contributed by atoms with Crippen molar-refractivity contribution in [2.45, 2.75) is 13.8 Å². The predicted octanol–water partition coefficient (Wildman–Crippen LogP) is 7.32. The Morgan fingerprint density at radius 1 is 0.529 bits per heavy atom. The van der Waals surface area contributed by atoms with Crippen LogP contribution in [0.25, 0.3) is 0 Å². The molecule has 0 aromatic heterocycles. The van der Waals surface area contributed by atoms with Gasteiger partial charge in [0.1, 0.15) is 0 Å². The summed E-state index contributed by atoms with van der Waals surface area (Å²) < 4.78 is 0. The summed E-state index contributed by atoms with van der Waals surface area (Å²) in [5.74, 6) is 0. The number of aryl methyl sites for hydroxylation is 2. The van der Waals surface area contributed by atoms with Gasteiger partial charge in [0, 0.05) is 17.1 Å². The minimum absolute atomic E-state index is 0.284. The summed E-state index contributed by atoms with van der Waals surface area (Å²) in [4.78, 5) is 27.2. The molecule has 4 aromatic rings. The van der Waals surface area contributed by atoms with Gasteiger partial charge in [-0.25, -0.2) is 9.59 Å². The lowest BCUT2D eigenvalue weighted by molar-refractivity contribution is 0.258. The molecule has 0 unspecified atom stereocenters. The Kier molecular flexibility index (Phi) is 6.89. The molecular weight excluding hydrogens is 424 g/mol. The van der Waals surface area contributed by atoms with Gasteiger partial charge in [0.2, 0.25) is 0 Å². The average Bonchev–Trinajstić information content (AvgIpc) is 2.84. The van der Waals surface area contributed by atoms with Crippen molar-refractivity contribution in [2.24, 2.45) is 0 Å². The molecule has 0 saturated heterocycles. The SMILES string of the molecule is Cc1ccc(NC(=O)Nc2ccc(N(C(=O)Nc3ccc(C)cc3)c3ccccc3)cc2)cc1. The van der Waals surface area contributed by atoms with Crippen LogP contribution in [0.1, 0.15) is 11.1 Å². The van der Waals surface area contributed by atoms with Gasteiger partial charge in [-0.15, -0.1) is 0 Å². The number of nitrogens with zero attached hydrogens (tertiary/aromatic N) is 1. The standard InChI is InChI=1S/C28H26N4O2/c1-20-8-12-22(13-9-20)29-27(33)30-23-16-18-26(19-17-23)32(25-6-4-3-5-7-25)28(34)31-24-14-10-21(2)11-15-24/h3-19H,1-2H3,(H,31,34)(H2,29,30,33). The van der Waals surface area contributed by atoms with E-state index in [0.29, 0.717) is 22.7 Å². The van der Waals surface area contributed by atoms with Gasteiger partial charge in [-0.3, -0.25) is 4.90 Å². The minimum atomic E-state index is -0.339. The lowest BCUT2D eigenvalue weighted by Gasteiger charge is -2.24. The third-order valence-electron chi connectivity index (χ3n) is 5.21. The highest BCUT2D eigenvalue weighted by molar-refractivity contribution is 6.07. The smallest absolute Gasteiger partial charge is 0.308 e. The molecule has 0 aliphatic carbocycles. The molecule has 0 saturated carbocycles. The molecule has 0 aliphatic heterocycles. The van der Waals surface area contributed by atoms with E-state index in [4.69, 9.17) is 0 Å². The first kappa shape index (κ1) is 22.6. The fourth-order valence-corrected chi connectivity index (χ4v) is 3.40. The second-order valence-corrected chi connectivity index (χ2v) is 7.96. The molecule has 3 N–H and O–H groups in total. The second kappa shape index (κ2) is 10.4. The van der Waals surface area contributed by atoms with Crippen molar-refractivity contribution in [3.05, 3.63) is 114 Å². The highest BCUT2D eigenvalue weighted by atomic mass is 16.2. The van der Waals surface area contributed by atoms with Crippen LogP contribution in [0.15, 0.2) is 103 Å². The number of hydrogen-bond acceptors (Lipinski definition) is 2. The molecule has 6 heteroatoms. The highest BCUT2D eigenvalue weighted by Gasteiger charge is 2.18. The summed E-state index contributed by atoms with van der Waals surface area (Å²) >= 11 is 0. The second-order valence-electron chi connectivity index (χ2n) is 7.96. The van der Waals surface area contributed by atoms with Gasteiger partial charge >= 0.3 is 12.1 Å². The Bertz CT molecular complexity index is 1250. The van der Waals surface area contributed by atoms with Crippen LogP contribution in [0.2, 0.25) is 0 Å². The number of hydrogen-bond donors (Lipinski definition) is 3. The molecule has 0 spiro atoms. The number of nitrogens with one attached hydrogen (secondary N) is 3. The lowest BCUT2D eigenvalue weighted by Crippen LogP contribution is -2.30. The molecular formula is C28H26N4O2. The maximum absolute atomic E-state index is 13.2. The number of anilines is 5. The molecule has 34 heavy (non-hydrogen) atoms. The lowest BCUT2D eigenvalue weighted by atomic mass is 10.2. The molecule has 0 bridgehead atoms. The van der Waals surface area contributed by atoms with E-state index >= 15 is 0 Å². The predicted molar refractivity (Wildman–Crippen MR) is 139 cm³/mol. The molecule has 4 rings (SSSR count). The molecule has 4 amide bonds. The van der Waals surface area contributed by atoms with E-state index in [1.807, 2.05) is 92.7 Å². The monoisotopic (exact) mass is 450 g/mol. The van der Waals surface area contributed by atoms with Crippen LogP contribution in [0, 0.1) is 13.8 Å². The van der Waals surface area contributed by atoms with Gasteiger partial charge in [0.15, 0.2) is 0 Å². The first-order chi connectivity index (χ1) is 16.5. The molecule has 0 heterocycles. The summed E-state index contributed by atoms with van der Waals surface area (Å²) in [6.07, 6.45) is 0. The van der Waals surface area contributed by atoms with Gasteiger partial charge in [0.05, 0.1) is 11.4 Å². The van der Waals surface area contributed by atoms with Crippen LogP contribution in [0.4, 0.5) is 38.0 Å². The van der Waals surface area contributed by atoms with Crippen molar-refractivity contribution in [3.8, 4) is 0 Å². The van der Waals surface area contributed by atoms with E-state index in [1.165, 1.54) is 0 Å². The Morgan fingerprint density at radius 2 is 0.941 bits per heavy atom. The highest BCUT2D eigenvalue weighted by Crippen LogP contribution is 2.28. The zero-order valence-corrected chi connectivity index (χ0v) is 19.1. The number of carbonyl (C=O) groups excluding carboxylic acids is 2. The number of para-hydroxylation sites is 1. The number of amides is 4. The Morgan fingerprint density at radius 3 is 1.44 bits per heavy atom. The summed E-state index contributed by atoms with van der Waals surface area (Å²) in [7, 11) is 0. The van der Waals surface area contributed by atoms with E-state index in [2.05, 4.69) is 16.0 Å². The number of rotatable bonds is 5. The Labute approximate surface area is 199 Å². The van der Waals surface area contributed by atoms with Crippen LogP contribution in [0.5, 0.6) is 0 Å².